The van der Waals surface area contributed by atoms with Crippen LogP contribution in [0.5, 0.6) is 5.75 Å². The van der Waals surface area contributed by atoms with E-state index in [0.717, 1.165) is 0 Å². The van der Waals surface area contributed by atoms with Gasteiger partial charge in [-0.2, -0.15) is 0 Å². The van der Waals surface area contributed by atoms with E-state index in [0.29, 0.717) is 30.3 Å². The third-order valence-electron chi connectivity index (χ3n) is 2.79. The number of anilines is 2. The number of para-hydroxylation sites is 3. The van der Waals surface area contributed by atoms with Crippen LogP contribution in [0, 0.1) is 0 Å². The van der Waals surface area contributed by atoms with Gasteiger partial charge in [0.15, 0.2) is 0 Å². The van der Waals surface area contributed by atoms with E-state index in [1.54, 1.807) is 30.3 Å². The highest BCUT2D eigenvalue weighted by atomic mass is 32.2. The number of benzene rings is 2. The molecule has 0 saturated heterocycles. The van der Waals surface area contributed by atoms with Crippen molar-refractivity contribution in [3.63, 3.8) is 0 Å². The summed E-state index contributed by atoms with van der Waals surface area (Å²) in [5, 5.41) is 8.14. The van der Waals surface area contributed by atoms with E-state index in [4.69, 9.17) is 15.6 Å². The van der Waals surface area contributed by atoms with Crippen LogP contribution in [-0.4, -0.2) is 21.6 Å². The van der Waals surface area contributed by atoms with Crippen molar-refractivity contribution >= 4 is 21.4 Å². The number of ether oxygens (including phenoxy) is 1. The Hall–Kier alpha value is -2.25. The molecule has 0 fully saturated rings. The highest BCUT2D eigenvalue weighted by Crippen LogP contribution is 2.20. The highest BCUT2D eigenvalue weighted by Gasteiger charge is 2.12. The second kappa shape index (κ2) is 6.47. The molecule has 0 unspecified atom stereocenters. The van der Waals surface area contributed by atoms with Gasteiger partial charge < -0.3 is 15.8 Å². The van der Waals surface area contributed by atoms with E-state index < -0.39 is 10.0 Å². The number of nitrogen functional groups attached to an aromatic ring is 1. The Kier molecular flexibility index (Phi) is 4.66. The summed E-state index contributed by atoms with van der Waals surface area (Å²) in [7, 11) is -3.75. The third kappa shape index (κ3) is 4.11. The number of nitrogens with two attached hydrogens (primary N) is 2. The molecule has 0 aromatic heterocycles. The molecule has 0 saturated carbocycles. The minimum absolute atomic E-state index is 0.0595. The molecule has 0 spiro atoms. The number of primary sulfonamides is 1. The van der Waals surface area contributed by atoms with E-state index in [1.807, 2.05) is 12.1 Å². The van der Waals surface area contributed by atoms with Crippen LogP contribution in [0.3, 0.4) is 0 Å². The van der Waals surface area contributed by atoms with Crippen LogP contribution in [0.15, 0.2) is 53.4 Å². The fourth-order valence-corrected chi connectivity index (χ4v) is 2.53. The van der Waals surface area contributed by atoms with Gasteiger partial charge in [0, 0.05) is 6.54 Å². The molecular formula is C14H17N3O3S. The van der Waals surface area contributed by atoms with Crippen LogP contribution in [0.2, 0.25) is 0 Å². The second-order valence-electron chi connectivity index (χ2n) is 4.35. The molecule has 0 amide bonds. The highest BCUT2D eigenvalue weighted by molar-refractivity contribution is 7.89. The minimum Gasteiger partial charge on any atom is -0.490 e. The fourth-order valence-electron chi connectivity index (χ4n) is 1.82. The summed E-state index contributed by atoms with van der Waals surface area (Å²) in [5.74, 6) is 0.596. The standard InChI is InChI=1S/C14H17N3O3S/c15-11-5-1-3-7-13(11)20-10-9-17-12-6-2-4-8-14(12)21(16,18)19/h1-8,17H,9-10,15H2,(H2,16,18,19). The molecule has 21 heavy (non-hydrogen) atoms. The first-order chi connectivity index (χ1) is 9.98. The van der Waals surface area contributed by atoms with Crippen LogP contribution in [0.1, 0.15) is 0 Å². The first-order valence-electron chi connectivity index (χ1n) is 6.31. The first-order valence-corrected chi connectivity index (χ1v) is 7.86. The molecule has 0 aliphatic rings. The molecule has 6 nitrogen and oxygen atoms in total. The van der Waals surface area contributed by atoms with Crippen molar-refractivity contribution in [2.75, 3.05) is 24.2 Å². The Balaban J connectivity index is 1.95. The SMILES string of the molecule is Nc1ccccc1OCCNc1ccccc1S(N)(=O)=O. The van der Waals surface area contributed by atoms with Crippen LogP contribution >= 0.6 is 0 Å². The topological polar surface area (TPSA) is 107 Å². The van der Waals surface area contributed by atoms with Crippen molar-refractivity contribution in [2.45, 2.75) is 4.90 Å². The predicted octanol–water partition coefficient (Wildman–Crippen LogP) is 1.41. The maximum atomic E-state index is 11.4. The molecule has 2 aromatic rings. The van der Waals surface area contributed by atoms with Gasteiger partial charge in [-0.3, -0.25) is 0 Å². The Morgan fingerprint density at radius 3 is 2.43 bits per heavy atom. The summed E-state index contributed by atoms with van der Waals surface area (Å²) in [6, 6.07) is 13.6. The van der Waals surface area contributed by atoms with Crippen molar-refractivity contribution < 1.29 is 13.2 Å². The molecule has 5 N–H and O–H groups in total. The summed E-state index contributed by atoms with van der Waals surface area (Å²) in [5.41, 5.74) is 6.76. The Morgan fingerprint density at radius 2 is 1.71 bits per heavy atom. The minimum atomic E-state index is -3.75. The van der Waals surface area contributed by atoms with E-state index in [2.05, 4.69) is 5.32 Å². The normalized spacial score (nSPS) is 11.1. The second-order valence-corrected chi connectivity index (χ2v) is 5.88. The summed E-state index contributed by atoms with van der Waals surface area (Å²) in [4.78, 5) is 0.0595. The molecule has 112 valence electrons. The fraction of sp³-hybridized carbons (Fsp3) is 0.143. The molecule has 7 heteroatoms. The summed E-state index contributed by atoms with van der Waals surface area (Å²) < 4.78 is 28.4. The number of hydrogen-bond donors (Lipinski definition) is 3. The summed E-state index contributed by atoms with van der Waals surface area (Å²) in [6.45, 7) is 0.758. The Bertz CT molecular complexity index is 717. The van der Waals surface area contributed by atoms with Gasteiger partial charge in [-0.1, -0.05) is 24.3 Å². The molecular weight excluding hydrogens is 290 g/mol. The van der Waals surface area contributed by atoms with Gasteiger partial charge in [-0.05, 0) is 24.3 Å². The molecule has 0 heterocycles. The summed E-state index contributed by atoms with van der Waals surface area (Å²) >= 11 is 0. The van der Waals surface area contributed by atoms with Crippen LogP contribution in [-0.2, 0) is 10.0 Å². The van der Waals surface area contributed by atoms with Gasteiger partial charge in [0.25, 0.3) is 0 Å². The van der Waals surface area contributed by atoms with Gasteiger partial charge >= 0.3 is 0 Å². The lowest BCUT2D eigenvalue weighted by atomic mass is 10.3. The van der Waals surface area contributed by atoms with E-state index >= 15 is 0 Å². The smallest absolute Gasteiger partial charge is 0.240 e. The van der Waals surface area contributed by atoms with Gasteiger partial charge in [0.2, 0.25) is 10.0 Å². The van der Waals surface area contributed by atoms with Crippen LogP contribution in [0.4, 0.5) is 11.4 Å². The zero-order chi connectivity index (χ0) is 15.3. The maximum absolute atomic E-state index is 11.4. The molecule has 2 aromatic carbocycles. The van der Waals surface area contributed by atoms with Crippen LogP contribution < -0.4 is 20.9 Å². The van der Waals surface area contributed by atoms with Crippen molar-refractivity contribution in [3.05, 3.63) is 48.5 Å². The van der Waals surface area contributed by atoms with Crippen molar-refractivity contribution in [1.82, 2.24) is 0 Å². The Labute approximate surface area is 123 Å². The average molecular weight is 307 g/mol. The first kappa shape index (κ1) is 15.1. The molecule has 0 bridgehead atoms. The maximum Gasteiger partial charge on any atom is 0.240 e. The van der Waals surface area contributed by atoms with Gasteiger partial charge in [-0.15, -0.1) is 0 Å². The van der Waals surface area contributed by atoms with Crippen molar-refractivity contribution in [3.8, 4) is 5.75 Å². The van der Waals surface area contributed by atoms with Crippen molar-refractivity contribution in [1.29, 1.82) is 0 Å². The van der Waals surface area contributed by atoms with E-state index in [-0.39, 0.29) is 4.90 Å². The zero-order valence-corrected chi connectivity index (χ0v) is 12.1. The molecule has 0 atom stereocenters. The lowest BCUT2D eigenvalue weighted by molar-refractivity contribution is 0.334. The number of rotatable bonds is 6. The molecule has 0 radical (unpaired) electrons. The average Bonchev–Trinajstić information content (AvgIpc) is 2.45. The number of hydrogen-bond acceptors (Lipinski definition) is 5. The monoisotopic (exact) mass is 307 g/mol. The van der Waals surface area contributed by atoms with E-state index in [1.165, 1.54) is 6.07 Å². The predicted molar refractivity (Wildman–Crippen MR) is 82.7 cm³/mol. The van der Waals surface area contributed by atoms with Gasteiger partial charge in [0.1, 0.15) is 17.3 Å². The molecule has 0 aliphatic carbocycles. The van der Waals surface area contributed by atoms with Gasteiger partial charge in [0.05, 0.1) is 11.4 Å². The van der Waals surface area contributed by atoms with Crippen molar-refractivity contribution in [2.24, 2.45) is 5.14 Å². The lowest BCUT2D eigenvalue weighted by Crippen LogP contribution is -2.17. The quantitative estimate of drug-likeness (QED) is 0.552. The third-order valence-corrected chi connectivity index (χ3v) is 3.76. The lowest BCUT2D eigenvalue weighted by Gasteiger charge is -2.12. The van der Waals surface area contributed by atoms with Crippen LogP contribution in [0.25, 0.3) is 0 Å². The number of sulfonamides is 1. The van der Waals surface area contributed by atoms with E-state index in [9.17, 15) is 8.42 Å². The number of nitrogens with one attached hydrogen (secondary N) is 1. The Morgan fingerprint density at radius 1 is 1.05 bits per heavy atom. The molecule has 2 rings (SSSR count). The largest absolute Gasteiger partial charge is 0.490 e. The van der Waals surface area contributed by atoms with Gasteiger partial charge in [-0.25, -0.2) is 13.6 Å². The molecule has 0 aliphatic heterocycles. The summed E-state index contributed by atoms with van der Waals surface area (Å²) in [6.07, 6.45) is 0. The zero-order valence-electron chi connectivity index (χ0n) is 11.3.